The maximum absolute atomic E-state index is 11.9. The molecule has 1 rings (SSSR count). The lowest BCUT2D eigenvalue weighted by molar-refractivity contribution is -0.139. The Balaban J connectivity index is 2.66. The van der Waals surface area contributed by atoms with Gasteiger partial charge in [-0.3, -0.25) is 4.79 Å². The number of rotatable bonds is 7. The Kier molecular flexibility index (Phi) is 5.95. The maximum atomic E-state index is 11.9. The van der Waals surface area contributed by atoms with Crippen LogP contribution in [0.3, 0.4) is 0 Å². The number of amides is 1. The van der Waals surface area contributed by atoms with Crippen LogP contribution in [0.2, 0.25) is 0 Å². The zero-order valence-corrected chi connectivity index (χ0v) is 12.3. The van der Waals surface area contributed by atoms with E-state index >= 15 is 0 Å². The van der Waals surface area contributed by atoms with Crippen LogP contribution in [0.4, 0.5) is 0 Å². The molecule has 19 heavy (non-hydrogen) atoms. The van der Waals surface area contributed by atoms with Crippen LogP contribution < -0.4 is 5.32 Å². The quantitative estimate of drug-likeness (QED) is 0.805. The number of aliphatic carboxylic acids is 1. The first-order valence-corrected chi connectivity index (χ1v) is 7.30. The predicted octanol–water partition coefficient (Wildman–Crippen LogP) is 2.32. The highest BCUT2D eigenvalue weighted by Gasteiger charge is 2.21. The van der Waals surface area contributed by atoms with Gasteiger partial charge in [-0.2, -0.15) is 0 Å². The van der Waals surface area contributed by atoms with Gasteiger partial charge in [0.15, 0.2) is 0 Å². The van der Waals surface area contributed by atoms with E-state index in [1.165, 1.54) is 11.3 Å². The lowest BCUT2D eigenvalue weighted by atomic mass is 10.1. The number of carbonyl (C=O) groups excluding carboxylic acids is 1. The molecule has 0 aliphatic rings. The monoisotopic (exact) mass is 284 g/mol. The Morgan fingerprint density at radius 3 is 2.68 bits per heavy atom. The number of carboxylic acid groups (broad SMARTS) is 1. The molecular weight excluding hydrogens is 264 g/mol. The Hall–Kier alpha value is -1.43. The molecule has 1 heterocycles. The molecule has 0 aliphatic heterocycles. The third-order valence-corrected chi connectivity index (χ3v) is 3.42. The number of carbonyl (C=O) groups is 2. The van der Waals surface area contributed by atoms with Crippen molar-refractivity contribution in [1.29, 1.82) is 0 Å². The van der Waals surface area contributed by atoms with E-state index in [0.29, 0.717) is 24.5 Å². The topological polar surface area (TPSA) is 79.3 Å². The molecule has 5 nitrogen and oxygen atoms in total. The molecule has 1 unspecified atom stereocenters. The molecule has 0 aromatic carbocycles. The summed E-state index contributed by atoms with van der Waals surface area (Å²) in [7, 11) is 0. The van der Waals surface area contributed by atoms with E-state index in [1.807, 2.05) is 6.92 Å². The summed E-state index contributed by atoms with van der Waals surface area (Å²) in [5.74, 6) is -0.936. The van der Waals surface area contributed by atoms with Crippen LogP contribution in [-0.2, 0) is 11.2 Å². The first-order valence-electron chi connectivity index (χ1n) is 6.42. The number of aromatic nitrogens is 1. The van der Waals surface area contributed by atoms with E-state index in [9.17, 15) is 9.59 Å². The molecule has 106 valence electrons. The first-order chi connectivity index (χ1) is 8.93. The van der Waals surface area contributed by atoms with Crippen molar-refractivity contribution in [3.05, 3.63) is 16.1 Å². The Morgan fingerprint density at radius 1 is 1.47 bits per heavy atom. The van der Waals surface area contributed by atoms with Crippen LogP contribution in [0.1, 0.15) is 49.1 Å². The van der Waals surface area contributed by atoms with Gasteiger partial charge in [-0.05, 0) is 12.3 Å². The molecule has 0 radical (unpaired) electrons. The Bertz CT molecular complexity index is 443. The summed E-state index contributed by atoms with van der Waals surface area (Å²) in [4.78, 5) is 27.1. The average Bonchev–Trinajstić information content (AvgIpc) is 2.75. The van der Waals surface area contributed by atoms with Crippen LogP contribution in [0.15, 0.2) is 5.38 Å². The van der Waals surface area contributed by atoms with Crippen LogP contribution in [0, 0.1) is 5.92 Å². The number of hydrogen-bond acceptors (Lipinski definition) is 4. The van der Waals surface area contributed by atoms with E-state index in [1.54, 1.807) is 5.38 Å². The van der Waals surface area contributed by atoms with Gasteiger partial charge >= 0.3 is 5.97 Å². The summed E-state index contributed by atoms with van der Waals surface area (Å²) in [5.41, 5.74) is 0.308. The second kappa shape index (κ2) is 7.23. The molecule has 1 aromatic rings. The molecule has 1 aromatic heterocycles. The zero-order chi connectivity index (χ0) is 14.4. The van der Waals surface area contributed by atoms with Crippen molar-refractivity contribution in [1.82, 2.24) is 10.3 Å². The van der Waals surface area contributed by atoms with Crippen molar-refractivity contribution < 1.29 is 14.7 Å². The van der Waals surface area contributed by atoms with Crippen molar-refractivity contribution in [3.63, 3.8) is 0 Å². The fourth-order valence-corrected chi connectivity index (χ4v) is 2.62. The third kappa shape index (κ3) is 4.98. The Morgan fingerprint density at radius 2 is 2.16 bits per heavy atom. The van der Waals surface area contributed by atoms with E-state index in [0.717, 1.165) is 11.4 Å². The van der Waals surface area contributed by atoms with Crippen LogP contribution in [0.5, 0.6) is 0 Å². The van der Waals surface area contributed by atoms with Gasteiger partial charge in [0.1, 0.15) is 11.7 Å². The summed E-state index contributed by atoms with van der Waals surface area (Å²) in [6, 6.07) is -0.840. The van der Waals surface area contributed by atoms with Crippen molar-refractivity contribution in [2.75, 3.05) is 0 Å². The van der Waals surface area contributed by atoms with Gasteiger partial charge in [0, 0.05) is 11.8 Å². The Labute approximate surface area is 117 Å². The molecule has 0 fully saturated rings. The molecule has 2 N–H and O–H groups in total. The van der Waals surface area contributed by atoms with E-state index < -0.39 is 17.9 Å². The lowest BCUT2D eigenvalue weighted by Crippen LogP contribution is -2.40. The average molecular weight is 284 g/mol. The molecular formula is C13H20N2O3S. The highest BCUT2D eigenvalue weighted by atomic mass is 32.1. The van der Waals surface area contributed by atoms with Crippen LogP contribution in [0.25, 0.3) is 0 Å². The van der Waals surface area contributed by atoms with Gasteiger partial charge in [-0.15, -0.1) is 11.3 Å². The van der Waals surface area contributed by atoms with Crippen LogP contribution in [-0.4, -0.2) is 28.0 Å². The molecule has 6 heteroatoms. The summed E-state index contributed by atoms with van der Waals surface area (Å²) in [5, 5.41) is 14.1. The summed E-state index contributed by atoms with van der Waals surface area (Å²) in [6.07, 6.45) is 1.95. The van der Waals surface area contributed by atoms with Gasteiger partial charge in [-0.25, -0.2) is 9.78 Å². The third-order valence-electron chi connectivity index (χ3n) is 2.55. The fraction of sp³-hybridized carbons (Fsp3) is 0.615. The normalized spacial score (nSPS) is 12.4. The van der Waals surface area contributed by atoms with E-state index in [-0.39, 0.29) is 0 Å². The van der Waals surface area contributed by atoms with Crippen LogP contribution >= 0.6 is 11.3 Å². The standard InChI is InChI=1S/C13H20N2O3S/c1-4-5-9(13(17)18)15-12(16)10-7-19-11(14-10)6-8(2)3/h7-9H,4-6H2,1-3H3,(H,15,16)(H,17,18). The lowest BCUT2D eigenvalue weighted by Gasteiger charge is -2.12. The van der Waals surface area contributed by atoms with E-state index in [2.05, 4.69) is 24.1 Å². The van der Waals surface area contributed by atoms with Crippen molar-refractivity contribution in [3.8, 4) is 0 Å². The molecule has 0 bridgehead atoms. The SMILES string of the molecule is CCCC(NC(=O)c1csc(CC(C)C)n1)C(=O)O. The second-order valence-corrected chi connectivity index (χ2v) is 5.82. The zero-order valence-electron chi connectivity index (χ0n) is 11.5. The highest BCUT2D eigenvalue weighted by Crippen LogP contribution is 2.14. The van der Waals surface area contributed by atoms with Crippen molar-refractivity contribution in [2.45, 2.75) is 46.1 Å². The smallest absolute Gasteiger partial charge is 0.326 e. The molecule has 0 saturated heterocycles. The van der Waals surface area contributed by atoms with Crippen molar-refractivity contribution in [2.24, 2.45) is 5.92 Å². The van der Waals surface area contributed by atoms with Gasteiger partial charge in [0.05, 0.1) is 5.01 Å². The number of carboxylic acids is 1. The minimum atomic E-state index is -1.01. The largest absolute Gasteiger partial charge is 0.480 e. The molecule has 0 spiro atoms. The summed E-state index contributed by atoms with van der Waals surface area (Å²) >= 11 is 1.44. The fourth-order valence-electron chi connectivity index (χ4n) is 1.64. The number of nitrogens with one attached hydrogen (secondary N) is 1. The van der Waals surface area contributed by atoms with Crippen molar-refractivity contribution >= 4 is 23.2 Å². The number of nitrogens with zero attached hydrogens (tertiary/aromatic N) is 1. The predicted molar refractivity (Wildman–Crippen MR) is 74.5 cm³/mol. The first kappa shape index (κ1) is 15.6. The van der Waals surface area contributed by atoms with Gasteiger partial charge in [-0.1, -0.05) is 27.2 Å². The maximum Gasteiger partial charge on any atom is 0.326 e. The van der Waals surface area contributed by atoms with Gasteiger partial charge in [0.2, 0.25) is 0 Å². The van der Waals surface area contributed by atoms with Gasteiger partial charge < -0.3 is 10.4 Å². The molecule has 0 aliphatic carbocycles. The molecule has 1 atom stereocenters. The number of hydrogen-bond donors (Lipinski definition) is 2. The summed E-state index contributed by atoms with van der Waals surface area (Å²) < 4.78 is 0. The minimum Gasteiger partial charge on any atom is -0.480 e. The minimum absolute atomic E-state index is 0.308. The summed E-state index contributed by atoms with van der Waals surface area (Å²) in [6.45, 7) is 6.05. The highest BCUT2D eigenvalue weighted by molar-refractivity contribution is 7.09. The number of thiazole rings is 1. The molecule has 1 amide bonds. The van der Waals surface area contributed by atoms with E-state index in [4.69, 9.17) is 5.11 Å². The second-order valence-electron chi connectivity index (χ2n) is 4.88. The van der Waals surface area contributed by atoms with Gasteiger partial charge in [0.25, 0.3) is 5.91 Å². The molecule has 0 saturated carbocycles.